The standard InChI is InChI=1S/C15H12O3/c1-11(16)15(17)18-14-9-5-8-13(10-14)12-6-3-2-4-7-12/h2-10H,1H3. The van der Waals surface area contributed by atoms with E-state index in [0.717, 1.165) is 11.1 Å². The van der Waals surface area contributed by atoms with E-state index in [1.54, 1.807) is 18.2 Å². The van der Waals surface area contributed by atoms with Crippen LogP contribution in [0.15, 0.2) is 54.6 Å². The van der Waals surface area contributed by atoms with Crippen molar-refractivity contribution in [3.8, 4) is 16.9 Å². The van der Waals surface area contributed by atoms with Gasteiger partial charge < -0.3 is 4.74 Å². The summed E-state index contributed by atoms with van der Waals surface area (Å²) in [6.45, 7) is 1.18. The van der Waals surface area contributed by atoms with Gasteiger partial charge in [0.05, 0.1) is 0 Å². The van der Waals surface area contributed by atoms with Crippen molar-refractivity contribution >= 4 is 11.8 Å². The molecule has 0 aliphatic carbocycles. The second-order valence-corrected chi connectivity index (χ2v) is 3.84. The van der Waals surface area contributed by atoms with Crippen molar-refractivity contribution in [3.63, 3.8) is 0 Å². The molecule has 3 nitrogen and oxygen atoms in total. The number of ether oxygens (including phenoxy) is 1. The van der Waals surface area contributed by atoms with Crippen LogP contribution in [-0.2, 0) is 9.59 Å². The van der Waals surface area contributed by atoms with Gasteiger partial charge in [0.1, 0.15) is 5.75 Å². The molecule has 0 saturated heterocycles. The van der Waals surface area contributed by atoms with E-state index in [1.807, 2.05) is 36.4 Å². The summed E-state index contributed by atoms with van der Waals surface area (Å²) < 4.78 is 4.95. The lowest BCUT2D eigenvalue weighted by Gasteiger charge is -2.05. The quantitative estimate of drug-likeness (QED) is 0.470. The molecule has 0 spiro atoms. The molecule has 0 heterocycles. The molecule has 0 aliphatic heterocycles. The molecule has 0 saturated carbocycles. The SMILES string of the molecule is CC(=O)C(=O)Oc1cccc(-c2ccccc2)c1. The van der Waals surface area contributed by atoms with Crippen molar-refractivity contribution in [2.24, 2.45) is 0 Å². The molecule has 0 radical (unpaired) electrons. The van der Waals surface area contributed by atoms with E-state index in [-0.39, 0.29) is 0 Å². The number of hydrogen-bond acceptors (Lipinski definition) is 3. The summed E-state index contributed by atoms with van der Waals surface area (Å²) in [4.78, 5) is 22.0. The molecule has 2 aromatic rings. The number of carbonyl (C=O) groups is 2. The predicted molar refractivity (Wildman–Crippen MR) is 68.2 cm³/mol. The summed E-state index contributed by atoms with van der Waals surface area (Å²) in [6, 6.07) is 16.8. The molecule has 0 amide bonds. The van der Waals surface area contributed by atoms with Crippen molar-refractivity contribution in [1.29, 1.82) is 0 Å². The minimum Gasteiger partial charge on any atom is -0.421 e. The zero-order valence-electron chi connectivity index (χ0n) is 9.92. The zero-order chi connectivity index (χ0) is 13.0. The van der Waals surface area contributed by atoms with Gasteiger partial charge in [0.25, 0.3) is 0 Å². The van der Waals surface area contributed by atoms with Crippen LogP contribution in [0.2, 0.25) is 0 Å². The summed E-state index contributed by atoms with van der Waals surface area (Å²) >= 11 is 0. The van der Waals surface area contributed by atoms with Crippen LogP contribution in [0.1, 0.15) is 6.92 Å². The lowest BCUT2D eigenvalue weighted by Crippen LogP contribution is -2.16. The summed E-state index contributed by atoms with van der Waals surface area (Å²) in [5.74, 6) is -1.09. The van der Waals surface area contributed by atoms with Crippen molar-refractivity contribution in [2.75, 3.05) is 0 Å². The third-order valence-corrected chi connectivity index (χ3v) is 2.44. The maximum absolute atomic E-state index is 11.2. The maximum atomic E-state index is 11.2. The van der Waals surface area contributed by atoms with E-state index in [2.05, 4.69) is 0 Å². The van der Waals surface area contributed by atoms with Gasteiger partial charge in [0, 0.05) is 6.92 Å². The molecule has 0 atom stereocenters. The first kappa shape index (κ1) is 12.0. The number of benzene rings is 2. The lowest BCUT2D eigenvalue weighted by molar-refractivity contribution is -0.146. The average molecular weight is 240 g/mol. The highest BCUT2D eigenvalue weighted by atomic mass is 16.5. The fourth-order valence-electron chi connectivity index (χ4n) is 1.55. The van der Waals surface area contributed by atoms with Gasteiger partial charge in [0.2, 0.25) is 5.78 Å². The number of Topliss-reactive ketones (excluding diaryl/α,β-unsaturated/α-hetero) is 1. The van der Waals surface area contributed by atoms with Crippen molar-refractivity contribution in [3.05, 3.63) is 54.6 Å². The number of esters is 1. The Morgan fingerprint density at radius 3 is 2.22 bits per heavy atom. The van der Waals surface area contributed by atoms with E-state index in [1.165, 1.54) is 6.92 Å². The Morgan fingerprint density at radius 2 is 1.56 bits per heavy atom. The minimum atomic E-state index is -0.847. The monoisotopic (exact) mass is 240 g/mol. The van der Waals surface area contributed by atoms with Gasteiger partial charge >= 0.3 is 5.97 Å². The molecule has 90 valence electrons. The Hall–Kier alpha value is -2.42. The second kappa shape index (κ2) is 5.27. The Bertz CT molecular complexity index is 573. The van der Waals surface area contributed by atoms with Crippen LogP contribution in [0.5, 0.6) is 5.75 Å². The van der Waals surface area contributed by atoms with Crippen LogP contribution in [0.25, 0.3) is 11.1 Å². The molecule has 0 bridgehead atoms. The first-order valence-corrected chi connectivity index (χ1v) is 5.55. The van der Waals surface area contributed by atoms with Gasteiger partial charge in [-0.05, 0) is 23.3 Å². The summed E-state index contributed by atoms with van der Waals surface area (Å²) in [5, 5.41) is 0. The lowest BCUT2D eigenvalue weighted by atomic mass is 10.1. The maximum Gasteiger partial charge on any atom is 0.379 e. The smallest absolute Gasteiger partial charge is 0.379 e. The summed E-state index contributed by atoms with van der Waals surface area (Å²) in [6.07, 6.45) is 0. The zero-order valence-corrected chi connectivity index (χ0v) is 9.92. The fourth-order valence-corrected chi connectivity index (χ4v) is 1.55. The predicted octanol–water partition coefficient (Wildman–Crippen LogP) is 2.85. The molecular weight excluding hydrogens is 228 g/mol. The number of ketones is 1. The first-order chi connectivity index (χ1) is 8.66. The Morgan fingerprint density at radius 1 is 0.889 bits per heavy atom. The van der Waals surface area contributed by atoms with Gasteiger partial charge in [-0.2, -0.15) is 0 Å². The molecule has 0 unspecified atom stereocenters. The van der Waals surface area contributed by atoms with Gasteiger partial charge in [-0.1, -0.05) is 42.5 Å². The van der Waals surface area contributed by atoms with E-state index in [0.29, 0.717) is 5.75 Å². The van der Waals surface area contributed by atoms with Crippen LogP contribution < -0.4 is 4.74 Å². The Balaban J connectivity index is 2.26. The van der Waals surface area contributed by atoms with Gasteiger partial charge in [-0.25, -0.2) is 4.79 Å². The molecule has 3 heteroatoms. The van der Waals surface area contributed by atoms with Crippen molar-refractivity contribution in [1.82, 2.24) is 0 Å². The van der Waals surface area contributed by atoms with Crippen molar-refractivity contribution < 1.29 is 14.3 Å². The minimum absolute atomic E-state index is 0.372. The molecule has 2 rings (SSSR count). The molecular formula is C15H12O3. The van der Waals surface area contributed by atoms with E-state index in [4.69, 9.17) is 4.74 Å². The Kier molecular flexibility index (Phi) is 3.53. The average Bonchev–Trinajstić information content (AvgIpc) is 2.40. The third-order valence-electron chi connectivity index (χ3n) is 2.44. The van der Waals surface area contributed by atoms with Gasteiger partial charge in [-0.3, -0.25) is 4.79 Å². The largest absolute Gasteiger partial charge is 0.421 e. The normalized spacial score (nSPS) is 9.83. The van der Waals surface area contributed by atoms with Gasteiger partial charge in [0.15, 0.2) is 0 Å². The highest BCUT2D eigenvalue weighted by molar-refractivity contribution is 6.33. The number of rotatable bonds is 3. The Labute approximate surface area is 105 Å². The highest BCUT2D eigenvalue weighted by Crippen LogP contribution is 2.23. The topological polar surface area (TPSA) is 43.4 Å². The molecule has 2 aromatic carbocycles. The third kappa shape index (κ3) is 2.83. The van der Waals surface area contributed by atoms with Gasteiger partial charge in [-0.15, -0.1) is 0 Å². The fraction of sp³-hybridized carbons (Fsp3) is 0.0667. The number of carbonyl (C=O) groups excluding carboxylic acids is 2. The van der Waals surface area contributed by atoms with Crippen molar-refractivity contribution in [2.45, 2.75) is 6.92 Å². The first-order valence-electron chi connectivity index (χ1n) is 5.55. The van der Waals surface area contributed by atoms with Crippen LogP contribution in [0, 0.1) is 0 Å². The van der Waals surface area contributed by atoms with Crippen LogP contribution in [0.4, 0.5) is 0 Å². The molecule has 18 heavy (non-hydrogen) atoms. The summed E-state index contributed by atoms with van der Waals surface area (Å²) in [5.41, 5.74) is 1.96. The van der Waals surface area contributed by atoms with Crippen LogP contribution in [0.3, 0.4) is 0 Å². The second-order valence-electron chi connectivity index (χ2n) is 3.84. The molecule has 0 fully saturated rings. The van der Waals surface area contributed by atoms with Crippen LogP contribution >= 0.6 is 0 Å². The molecule has 0 aliphatic rings. The van der Waals surface area contributed by atoms with E-state index < -0.39 is 11.8 Å². The number of hydrogen-bond donors (Lipinski definition) is 0. The molecule has 0 aromatic heterocycles. The molecule has 0 N–H and O–H groups in total. The highest BCUT2D eigenvalue weighted by Gasteiger charge is 2.10. The van der Waals surface area contributed by atoms with E-state index >= 15 is 0 Å². The summed E-state index contributed by atoms with van der Waals surface area (Å²) in [7, 11) is 0. The van der Waals surface area contributed by atoms with Crippen LogP contribution in [-0.4, -0.2) is 11.8 Å². The van der Waals surface area contributed by atoms with E-state index in [9.17, 15) is 9.59 Å².